The molecular formula is C20H26N6O. The number of likely N-dealkylation sites (tertiary alicyclic amines) is 1. The van der Waals surface area contributed by atoms with Crippen LogP contribution in [0.2, 0.25) is 0 Å². The molecule has 4 heterocycles. The highest BCUT2D eigenvalue weighted by molar-refractivity contribution is 5.92. The van der Waals surface area contributed by atoms with Crippen LogP contribution in [0, 0.1) is 6.92 Å². The molecule has 2 aliphatic heterocycles. The highest BCUT2D eigenvalue weighted by Gasteiger charge is 2.32. The second-order valence-electron chi connectivity index (χ2n) is 7.43. The van der Waals surface area contributed by atoms with Crippen LogP contribution in [-0.4, -0.2) is 70.4 Å². The van der Waals surface area contributed by atoms with E-state index < -0.39 is 0 Å². The molecule has 0 N–H and O–H groups in total. The van der Waals surface area contributed by atoms with E-state index in [0.29, 0.717) is 5.69 Å². The van der Waals surface area contributed by atoms with Gasteiger partial charge in [-0.15, -0.1) is 0 Å². The predicted molar refractivity (Wildman–Crippen MR) is 104 cm³/mol. The van der Waals surface area contributed by atoms with Crippen LogP contribution in [0.4, 0.5) is 5.69 Å². The summed E-state index contributed by atoms with van der Waals surface area (Å²) < 4.78 is 0. The summed E-state index contributed by atoms with van der Waals surface area (Å²) in [5, 5.41) is 0. The number of amides is 1. The molecule has 2 aromatic rings. The molecule has 4 rings (SSSR count). The van der Waals surface area contributed by atoms with Crippen molar-refractivity contribution in [3.05, 3.63) is 47.8 Å². The molecule has 0 aliphatic carbocycles. The smallest absolute Gasteiger partial charge is 0.274 e. The van der Waals surface area contributed by atoms with Crippen LogP contribution in [0.3, 0.4) is 0 Å². The molecule has 0 aromatic carbocycles. The molecule has 27 heavy (non-hydrogen) atoms. The number of likely N-dealkylation sites (N-methyl/N-ethyl adjacent to an activating group) is 1. The molecule has 1 atom stereocenters. The number of hydrogen-bond donors (Lipinski definition) is 0. The summed E-state index contributed by atoms with van der Waals surface area (Å²) in [5.74, 6) is -0.0601. The summed E-state index contributed by atoms with van der Waals surface area (Å²) in [5.41, 5.74) is 3.60. The molecule has 2 saturated heterocycles. The SMILES string of the molecule is Cc1cc(N2CCN(C)CC2)cc([C@@H]2CCCN2C(=O)c2cnccn2)n1. The second-order valence-corrected chi connectivity index (χ2v) is 7.43. The number of pyridine rings is 1. The van der Waals surface area contributed by atoms with Gasteiger partial charge in [0.05, 0.1) is 17.9 Å². The van der Waals surface area contributed by atoms with E-state index in [0.717, 1.165) is 57.0 Å². The van der Waals surface area contributed by atoms with Crippen LogP contribution < -0.4 is 4.90 Å². The zero-order valence-corrected chi connectivity index (χ0v) is 16.0. The Balaban J connectivity index is 1.59. The molecule has 0 radical (unpaired) electrons. The Bertz CT molecular complexity index is 803. The third kappa shape index (κ3) is 3.78. The van der Waals surface area contributed by atoms with Gasteiger partial charge in [0.2, 0.25) is 0 Å². The van der Waals surface area contributed by atoms with Gasteiger partial charge in [0.15, 0.2) is 0 Å². The van der Waals surface area contributed by atoms with Gasteiger partial charge in [-0.3, -0.25) is 14.8 Å². The van der Waals surface area contributed by atoms with Crippen molar-refractivity contribution in [1.29, 1.82) is 0 Å². The molecule has 0 spiro atoms. The highest BCUT2D eigenvalue weighted by Crippen LogP contribution is 2.34. The zero-order chi connectivity index (χ0) is 18.8. The fraction of sp³-hybridized carbons (Fsp3) is 0.500. The zero-order valence-electron chi connectivity index (χ0n) is 16.0. The van der Waals surface area contributed by atoms with Crippen LogP contribution in [0.25, 0.3) is 0 Å². The Hall–Kier alpha value is -2.54. The first-order valence-electron chi connectivity index (χ1n) is 9.61. The van der Waals surface area contributed by atoms with Crippen molar-refractivity contribution >= 4 is 11.6 Å². The van der Waals surface area contributed by atoms with Gasteiger partial charge >= 0.3 is 0 Å². The Kier molecular flexibility index (Phi) is 5.03. The van der Waals surface area contributed by atoms with E-state index in [1.807, 2.05) is 11.8 Å². The van der Waals surface area contributed by atoms with Gasteiger partial charge in [0.1, 0.15) is 5.69 Å². The Labute approximate surface area is 160 Å². The van der Waals surface area contributed by atoms with E-state index in [2.05, 4.69) is 38.9 Å². The first-order chi connectivity index (χ1) is 13.1. The quantitative estimate of drug-likeness (QED) is 0.827. The minimum atomic E-state index is -0.0601. The van der Waals surface area contributed by atoms with Gasteiger partial charge in [-0.2, -0.15) is 0 Å². The van der Waals surface area contributed by atoms with Crippen LogP contribution in [0.5, 0.6) is 0 Å². The maximum atomic E-state index is 12.9. The lowest BCUT2D eigenvalue weighted by Gasteiger charge is -2.34. The van der Waals surface area contributed by atoms with E-state index in [4.69, 9.17) is 4.98 Å². The molecule has 2 fully saturated rings. The average molecular weight is 366 g/mol. The van der Waals surface area contributed by atoms with Crippen LogP contribution >= 0.6 is 0 Å². The summed E-state index contributed by atoms with van der Waals surface area (Å²) >= 11 is 0. The van der Waals surface area contributed by atoms with Gasteiger partial charge < -0.3 is 14.7 Å². The largest absolute Gasteiger partial charge is 0.369 e. The van der Waals surface area contributed by atoms with Crippen molar-refractivity contribution < 1.29 is 4.79 Å². The van der Waals surface area contributed by atoms with Crippen molar-refractivity contribution in [2.45, 2.75) is 25.8 Å². The maximum absolute atomic E-state index is 12.9. The monoisotopic (exact) mass is 366 g/mol. The summed E-state index contributed by atoms with van der Waals surface area (Å²) in [6, 6.07) is 4.33. The van der Waals surface area contributed by atoms with E-state index in [1.54, 1.807) is 12.4 Å². The van der Waals surface area contributed by atoms with Gasteiger partial charge in [0.25, 0.3) is 5.91 Å². The molecule has 142 valence electrons. The van der Waals surface area contributed by atoms with Gasteiger partial charge in [-0.25, -0.2) is 4.98 Å². The first-order valence-corrected chi connectivity index (χ1v) is 9.61. The van der Waals surface area contributed by atoms with Crippen LogP contribution in [0.1, 0.15) is 40.8 Å². The standard InChI is InChI=1S/C20H26N6O/c1-15-12-16(25-10-8-24(2)9-11-25)13-17(23-15)19-4-3-7-26(19)20(27)18-14-21-5-6-22-18/h5-6,12-14,19H,3-4,7-11H2,1-2H3/t19-/m0/s1. The average Bonchev–Trinajstić information content (AvgIpc) is 3.18. The lowest BCUT2D eigenvalue weighted by Crippen LogP contribution is -2.44. The normalized spacial score (nSPS) is 20.9. The minimum absolute atomic E-state index is 0.00520. The maximum Gasteiger partial charge on any atom is 0.274 e. The summed E-state index contributed by atoms with van der Waals surface area (Å²) in [6.07, 6.45) is 6.61. The second kappa shape index (κ2) is 7.60. The topological polar surface area (TPSA) is 65.5 Å². The van der Waals surface area contributed by atoms with Gasteiger partial charge in [-0.05, 0) is 38.9 Å². The van der Waals surface area contributed by atoms with Gasteiger partial charge in [0, 0.05) is 56.5 Å². The Morgan fingerprint density at radius 3 is 2.67 bits per heavy atom. The number of carbonyl (C=O) groups excluding carboxylic acids is 1. The predicted octanol–water partition coefficient (Wildman–Crippen LogP) is 1.91. The van der Waals surface area contributed by atoms with Crippen LogP contribution in [-0.2, 0) is 0 Å². The minimum Gasteiger partial charge on any atom is -0.369 e. The van der Waals surface area contributed by atoms with Crippen molar-refractivity contribution in [1.82, 2.24) is 24.8 Å². The molecule has 2 aromatic heterocycles. The number of anilines is 1. The highest BCUT2D eigenvalue weighted by atomic mass is 16.2. The lowest BCUT2D eigenvalue weighted by molar-refractivity contribution is 0.0726. The van der Waals surface area contributed by atoms with Crippen molar-refractivity contribution in [3.63, 3.8) is 0 Å². The van der Waals surface area contributed by atoms with E-state index in [9.17, 15) is 4.79 Å². The molecular weight excluding hydrogens is 340 g/mol. The van der Waals surface area contributed by atoms with Crippen molar-refractivity contribution in [2.75, 3.05) is 44.7 Å². The Morgan fingerprint density at radius 1 is 1.11 bits per heavy atom. The lowest BCUT2D eigenvalue weighted by atomic mass is 10.1. The van der Waals surface area contributed by atoms with Crippen molar-refractivity contribution in [3.8, 4) is 0 Å². The third-order valence-corrected chi connectivity index (χ3v) is 5.46. The van der Waals surface area contributed by atoms with Crippen molar-refractivity contribution in [2.24, 2.45) is 0 Å². The molecule has 7 heteroatoms. The number of rotatable bonds is 3. The van der Waals surface area contributed by atoms with E-state index in [1.165, 1.54) is 11.9 Å². The molecule has 0 saturated carbocycles. The summed E-state index contributed by atoms with van der Waals surface area (Å²) in [6.45, 7) is 6.94. The van der Waals surface area contributed by atoms with Crippen LogP contribution in [0.15, 0.2) is 30.7 Å². The molecule has 0 unspecified atom stereocenters. The Morgan fingerprint density at radius 2 is 1.93 bits per heavy atom. The molecule has 7 nitrogen and oxygen atoms in total. The number of aryl methyl sites for hydroxylation is 1. The van der Waals surface area contributed by atoms with Gasteiger partial charge in [-0.1, -0.05) is 0 Å². The number of hydrogen-bond acceptors (Lipinski definition) is 6. The summed E-state index contributed by atoms with van der Waals surface area (Å²) in [7, 11) is 2.16. The fourth-order valence-electron chi connectivity index (χ4n) is 3.97. The van der Waals surface area contributed by atoms with E-state index in [-0.39, 0.29) is 11.9 Å². The third-order valence-electron chi connectivity index (χ3n) is 5.46. The molecule has 0 bridgehead atoms. The summed E-state index contributed by atoms with van der Waals surface area (Å²) in [4.78, 5) is 32.6. The first kappa shape index (κ1) is 17.9. The fourth-order valence-corrected chi connectivity index (χ4v) is 3.97. The number of aromatic nitrogens is 3. The van der Waals surface area contributed by atoms with E-state index >= 15 is 0 Å². The number of carbonyl (C=O) groups is 1. The number of piperazine rings is 1. The molecule has 2 aliphatic rings. The number of nitrogens with zero attached hydrogens (tertiary/aromatic N) is 6. The molecule has 1 amide bonds.